The molecule has 3 nitrogen and oxygen atoms in total. The molecule has 0 spiro atoms. The van der Waals surface area contributed by atoms with Crippen LogP contribution < -0.4 is 4.74 Å². The first-order valence-electron chi connectivity index (χ1n) is 4.47. The molecule has 0 saturated heterocycles. The first kappa shape index (κ1) is 13.1. The molecule has 1 atom stereocenters. The fraction of sp³-hybridized carbons (Fsp3) is 0.300. The summed E-state index contributed by atoms with van der Waals surface area (Å²) < 4.78 is 22.2. The Hall–Kier alpha value is -1.000. The normalized spacial score (nSPS) is 12.0. The number of halogens is 3. The monoisotopic (exact) mass is 266 g/mol. The van der Waals surface area contributed by atoms with E-state index in [-0.39, 0.29) is 17.4 Å². The van der Waals surface area contributed by atoms with E-state index in [1.54, 1.807) is 6.92 Å². The van der Waals surface area contributed by atoms with Crippen LogP contribution in [0.25, 0.3) is 0 Å². The van der Waals surface area contributed by atoms with Crippen LogP contribution in [-0.2, 0) is 9.53 Å². The third-order valence-electron chi connectivity index (χ3n) is 1.60. The van der Waals surface area contributed by atoms with Crippen molar-refractivity contribution in [3.8, 4) is 5.75 Å². The molecule has 0 fully saturated rings. The zero-order valence-electron chi connectivity index (χ0n) is 8.38. The number of carbonyl (C=O) groups is 1. The van der Waals surface area contributed by atoms with E-state index in [1.807, 2.05) is 0 Å². The fourth-order valence-corrected chi connectivity index (χ4v) is 1.21. The van der Waals surface area contributed by atoms with Gasteiger partial charge in [0.2, 0.25) is 0 Å². The Morgan fingerprint density at radius 3 is 2.69 bits per heavy atom. The number of rotatable bonds is 4. The second-order valence-corrected chi connectivity index (χ2v) is 3.58. The zero-order valence-corrected chi connectivity index (χ0v) is 9.89. The van der Waals surface area contributed by atoms with Gasteiger partial charge in [-0.15, -0.1) is 0 Å². The summed E-state index contributed by atoms with van der Waals surface area (Å²) in [5, 5.41) is 0.538. The van der Waals surface area contributed by atoms with E-state index in [0.29, 0.717) is 5.02 Å². The molecule has 0 bridgehead atoms. The maximum atomic E-state index is 13.1. The van der Waals surface area contributed by atoms with Crippen LogP contribution in [0, 0.1) is 0 Å². The molecular formula is C10H9Cl2FO3. The summed E-state index contributed by atoms with van der Waals surface area (Å²) in [4.78, 5) is 10.9. The van der Waals surface area contributed by atoms with Crippen LogP contribution in [0.4, 0.5) is 4.39 Å². The molecule has 0 N–H and O–H groups in total. The quantitative estimate of drug-likeness (QED) is 0.785. The number of hydrogen-bond donors (Lipinski definition) is 0. The molecule has 0 aliphatic heterocycles. The third-order valence-corrected chi connectivity index (χ3v) is 2.34. The molecule has 1 aromatic carbocycles. The average molecular weight is 267 g/mol. The molecule has 0 radical (unpaired) electrons. The standard InChI is InChI=1S/C10H9Cl2FO3/c1-2-15-10(14)9(13)16-6-3-4-7(11)8(12)5-6/h3-5,9H,2H2,1H3. The van der Waals surface area contributed by atoms with Gasteiger partial charge in [0.25, 0.3) is 0 Å². The summed E-state index contributed by atoms with van der Waals surface area (Å²) in [7, 11) is 0. The van der Waals surface area contributed by atoms with Crippen LogP contribution in [0.2, 0.25) is 10.0 Å². The SMILES string of the molecule is CCOC(=O)C(F)Oc1ccc(Cl)c(Cl)c1. The molecule has 1 aromatic rings. The Kier molecular flexibility index (Phi) is 4.83. The first-order chi connectivity index (χ1) is 7.54. The molecule has 1 rings (SSSR count). The van der Waals surface area contributed by atoms with Gasteiger partial charge in [0.05, 0.1) is 16.7 Å². The highest BCUT2D eigenvalue weighted by Crippen LogP contribution is 2.27. The van der Waals surface area contributed by atoms with Crippen LogP contribution >= 0.6 is 23.2 Å². The molecule has 1 unspecified atom stereocenters. The Labute approximate surface area is 102 Å². The van der Waals surface area contributed by atoms with Crippen LogP contribution in [-0.4, -0.2) is 18.9 Å². The molecule has 0 aromatic heterocycles. The van der Waals surface area contributed by atoms with Crippen molar-refractivity contribution in [1.29, 1.82) is 0 Å². The minimum Gasteiger partial charge on any atom is -0.461 e. The Morgan fingerprint density at radius 1 is 1.44 bits per heavy atom. The smallest absolute Gasteiger partial charge is 0.381 e. The maximum Gasteiger partial charge on any atom is 0.381 e. The number of carbonyl (C=O) groups excluding carboxylic acids is 1. The summed E-state index contributed by atoms with van der Waals surface area (Å²) in [5.74, 6) is -0.969. The molecule has 88 valence electrons. The number of benzene rings is 1. The van der Waals surface area contributed by atoms with E-state index >= 15 is 0 Å². The van der Waals surface area contributed by atoms with Gasteiger partial charge in [0.1, 0.15) is 5.75 Å². The maximum absolute atomic E-state index is 13.1. The number of hydrogen-bond acceptors (Lipinski definition) is 3. The van der Waals surface area contributed by atoms with E-state index in [1.165, 1.54) is 18.2 Å². The Balaban J connectivity index is 2.66. The van der Waals surface area contributed by atoms with Crippen LogP contribution in [0.3, 0.4) is 0 Å². The lowest BCUT2D eigenvalue weighted by atomic mass is 10.3. The van der Waals surface area contributed by atoms with Crippen molar-refractivity contribution in [2.75, 3.05) is 6.61 Å². The van der Waals surface area contributed by atoms with Crippen molar-refractivity contribution < 1.29 is 18.7 Å². The minimum atomic E-state index is -2.17. The first-order valence-corrected chi connectivity index (χ1v) is 5.22. The van der Waals surface area contributed by atoms with Gasteiger partial charge < -0.3 is 9.47 Å². The molecule has 6 heteroatoms. The van der Waals surface area contributed by atoms with Gasteiger partial charge in [-0.25, -0.2) is 4.79 Å². The van der Waals surface area contributed by atoms with E-state index in [9.17, 15) is 9.18 Å². The molecule has 0 saturated carbocycles. The minimum absolute atomic E-state index is 0.0873. The van der Waals surface area contributed by atoms with E-state index in [4.69, 9.17) is 23.2 Å². The van der Waals surface area contributed by atoms with Gasteiger partial charge in [-0.05, 0) is 19.1 Å². The lowest BCUT2D eigenvalue weighted by Gasteiger charge is -2.10. The van der Waals surface area contributed by atoms with Gasteiger partial charge in [-0.1, -0.05) is 23.2 Å². The predicted molar refractivity (Wildman–Crippen MR) is 58.6 cm³/mol. The number of esters is 1. The highest BCUT2D eigenvalue weighted by atomic mass is 35.5. The van der Waals surface area contributed by atoms with E-state index in [2.05, 4.69) is 9.47 Å². The van der Waals surface area contributed by atoms with Gasteiger partial charge in [-0.2, -0.15) is 4.39 Å². The summed E-state index contributed by atoms with van der Waals surface area (Å²) in [6.07, 6.45) is -2.17. The number of alkyl halides is 1. The number of ether oxygens (including phenoxy) is 2. The largest absolute Gasteiger partial charge is 0.461 e. The molecule has 0 aliphatic rings. The zero-order chi connectivity index (χ0) is 12.1. The van der Waals surface area contributed by atoms with Crippen LogP contribution in [0.5, 0.6) is 5.75 Å². The lowest BCUT2D eigenvalue weighted by molar-refractivity contribution is -0.159. The van der Waals surface area contributed by atoms with Crippen molar-refractivity contribution in [2.45, 2.75) is 13.3 Å². The Morgan fingerprint density at radius 2 is 2.12 bits per heavy atom. The molecule has 0 amide bonds. The third kappa shape index (κ3) is 3.54. The van der Waals surface area contributed by atoms with Crippen molar-refractivity contribution in [3.63, 3.8) is 0 Å². The van der Waals surface area contributed by atoms with E-state index in [0.717, 1.165) is 0 Å². The highest BCUT2D eigenvalue weighted by molar-refractivity contribution is 6.42. The van der Waals surface area contributed by atoms with Crippen LogP contribution in [0.15, 0.2) is 18.2 Å². The summed E-state index contributed by atoms with van der Waals surface area (Å²) >= 11 is 11.3. The highest BCUT2D eigenvalue weighted by Gasteiger charge is 2.20. The predicted octanol–water partition coefficient (Wildman–Crippen LogP) is 3.23. The van der Waals surface area contributed by atoms with Gasteiger partial charge in [0.15, 0.2) is 0 Å². The topological polar surface area (TPSA) is 35.5 Å². The van der Waals surface area contributed by atoms with Crippen molar-refractivity contribution in [3.05, 3.63) is 28.2 Å². The summed E-state index contributed by atoms with van der Waals surface area (Å²) in [5.41, 5.74) is 0. The second kappa shape index (κ2) is 5.92. The summed E-state index contributed by atoms with van der Waals surface area (Å²) in [6.45, 7) is 1.66. The van der Waals surface area contributed by atoms with Crippen molar-refractivity contribution >= 4 is 29.2 Å². The Bertz CT molecular complexity index is 384. The van der Waals surface area contributed by atoms with Crippen LogP contribution in [0.1, 0.15) is 6.92 Å². The fourth-order valence-electron chi connectivity index (χ4n) is 0.926. The van der Waals surface area contributed by atoms with Gasteiger partial charge >= 0.3 is 12.3 Å². The van der Waals surface area contributed by atoms with E-state index < -0.39 is 12.3 Å². The summed E-state index contributed by atoms with van der Waals surface area (Å²) in [6, 6.07) is 4.16. The van der Waals surface area contributed by atoms with Crippen molar-refractivity contribution in [1.82, 2.24) is 0 Å². The average Bonchev–Trinajstić information content (AvgIpc) is 2.24. The molecule has 0 aliphatic carbocycles. The molecule has 0 heterocycles. The molecular weight excluding hydrogens is 258 g/mol. The van der Waals surface area contributed by atoms with Gasteiger partial charge in [-0.3, -0.25) is 0 Å². The van der Waals surface area contributed by atoms with Crippen molar-refractivity contribution in [2.24, 2.45) is 0 Å². The van der Waals surface area contributed by atoms with Gasteiger partial charge in [0, 0.05) is 6.07 Å². The molecule has 16 heavy (non-hydrogen) atoms. The second-order valence-electron chi connectivity index (χ2n) is 2.76. The lowest BCUT2D eigenvalue weighted by Crippen LogP contribution is -2.24.